The first-order valence-electron chi connectivity index (χ1n) is 7.15. The van der Waals surface area contributed by atoms with Gasteiger partial charge in [-0.3, -0.25) is 19.8 Å². The highest BCUT2D eigenvalue weighted by atomic mass is 16.2. The lowest BCUT2D eigenvalue weighted by Gasteiger charge is -2.29. The van der Waals surface area contributed by atoms with Gasteiger partial charge in [0.05, 0.1) is 6.04 Å². The van der Waals surface area contributed by atoms with Gasteiger partial charge in [-0.05, 0) is 31.2 Å². The van der Waals surface area contributed by atoms with Crippen molar-refractivity contribution in [3.8, 4) is 0 Å². The van der Waals surface area contributed by atoms with Crippen LogP contribution >= 0.6 is 0 Å². The smallest absolute Gasteiger partial charge is 0.243 e. The number of nitrogens with zero attached hydrogens (tertiary/aromatic N) is 1. The van der Waals surface area contributed by atoms with Crippen LogP contribution in [0.15, 0.2) is 0 Å². The van der Waals surface area contributed by atoms with Crippen molar-refractivity contribution in [3.05, 3.63) is 0 Å². The first-order chi connectivity index (χ1) is 8.58. The summed E-state index contributed by atoms with van der Waals surface area (Å²) in [7, 11) is 0. The number of likely N-dealkylation sites (tertiary alicyclic amines) is 1. The van der Waals surface area contributed by atoms with E-state index in [9.17, 15) is 9.59 Å². The summed E-state index contributed by atoms with van der Waals surface area (Å²) in [4.78, 5) is 25.0. The molecule has 0 saturated carbocycles. The van der Waals surface area contributed by atoms with Gasteiger partial charge in [-0.25, -0.2) is 0 Å². The zero-order chi connectivity index (χ0) is 13.7. The molecular formula is C14H26N2O2. The van der Waals surface area contributed by atoms with Crippen molar-refractivity contribution in [1.82, 2.24) is 10.2 Å². The van der Waals surface area contributed by atoms with Crippen LogP contribution in [-0.4, -0.2) is 35.8 Å². The molecule has 0 spiro atoms. The van der Waals surface area contributed by atoms with Crippen LogP contribution in [0.2, 0.25) is 0 Å². The van der Waals surface area contributed by atoms with E-state index in [1.54, 1.807) is 0 Å². The van der Waals surface area contributed by atoms with E-state index in [-0.39, 0.29) is 17.9 Å². The van der Waals surface area contributed by atoms with Gasteiger partial charge in [-0.2, -0.15) is 0 Å². The van der Waals surface area contributed by atoms with Crippen LogP contribution in [-0.2, 0) is 9.59 Å². The third kappa shape index (κ3) is 3.55. The summed E-state index contributed by atoms with van der Waals surface area (Å²) >= 11 is 0. The molecule has 2 amide bonds. The number of piperidine rings is 1. The van der Waals surface area contributed by atoms with Crippen molar-refractivity contribution in [3.63, 3.8) is 0 Å². The summed E-state index contributed by atoms with van der Waals surface area (Å²) in [6, 6.07) is -0.0681. The van der Waals surface area contributed by atoms with E-state index in [1.807, 2.05) is 13.8 Å². The number of amides is 2. The molecule has 1 N–H and O–H groups in total. The zero-order valence-electron chi connectivity index (χ0n) is 12.0. The Balaban J connectivity index is 0.000000771. The summed E-state index contributed by atoms with van der Waals surface area (Å²) in [5.41, 5.74) is 0. The van der Waals surface area contributed by atoms with Gasteiger partial charge in [-0.1, -0.05) is 27.7 Å². The fraction of sp³-hybridized carbons (Fsp3) is 0.857. The third-order valence-corrected chi connectivity index (χ3v) is 3.85. The Hall–Kier alpha value is -0.900. The molecule has 0 aromatic carbocycles. The minimum Gasteiger partial charge on any atom is -0.295 e. The second-order valence-electron chi connectivity index (χ2n) is 5.25. The Labute approximate surface area is 110 Å². The molecular weight excluding hydrogens is 228 g/mol. The van der Waals surface area contributed by atoms with Crippen molar-refractivity contribution in [2.45, 2.75) is 53.0 Å². The SMILES string of the molecule is CC.CC(C)C1CCN(C2CCC(=O)NC2=O)C1. The van der Waals surface area contributed by atoms with Crippen molar-refractivity contribution in [2.24, 2.45) is 11.8 Å². The van der Waals surface area contributed by atoms with Gasteiger partial charge in [-0.15, -0.1) is 0 Å². The van der Waals surface area contributed by atoms with Gasteiger partial charge in [0.25, 0.3) is 0 Å². The molecule has 104 valence electrons. The van der Waals surface area contributed by atoms with E-state index in [4.69, 9.17) is 0 Å². The second-order valence-corrected chi connectivity index (χ2v) is 5.25. The normalized spacial score (nSPS) is 28.9. The standard InChI is InChI=1S/C12H20N2O2.C2H6/c1-8(2)9-5-6-14(7-9)10-3-4-11(15)13-12(10)16;1-2/h8-10H,3-7H2,1-2H3,(H,13,15,16);1-2H3. The van der Waals surface area contributed by atoms with Crippen LogP contribution in [0.1, 0.15) is 47.0 Å². The largest absolute Gasteiger partial charge is 0.295 e. The van der Waals surface area contributed by atoms with E-state index in [0.29, 0.717) is 24.7 Å². The molecule has 0 aromatic rings. The highest BCUT2D eigenvalue weighted by Gasteiger charge is 2.36. The molecule has 0 radical (unpaired) electrons. The average molecular weight is 254 g/mol. The van der Waals surface area contributed by atoms with E-state index in [1.165, 1.54) is 6.42 Å². The zero-order valence-corrected chi connectivity index (χ0v) is 12.0. The van der Waals surface area contributed by atoms with E-state index < -0.39 is 0 Å². The maximum Gasteiger partial charge on any atom is 0.243 e. The van der Waals surface area contributed by atoms with Gasteiger partial charge in [0.2, 0.25) is 11.8 Å². The minimum atomic E-state index is -0.124. The van der Waals surface area contributed by atoms with Crippen molar-refractivity contribution in [1.29, 1.82) is 0 Å². The quantitative estimate of drug-likeness (QED) is 0.764. The Bertz CT molecular complexity index is 302. The molecule has 0 aromatic heterocycles. The highest BCUT2D eigenvalue weighted by molar-refractivity contribution is 6.00. The van der Waals surface area contributed by atoms with Crippen LogP contribution in [0.5, 0.6) is 0 Å². The molecule has 0 aliphatic carbocycles. The number of carbonyl (C=O) groups is 2. The van der Waals surface area contributed by atoms with Crippen LogP contribution in [0.25, 0.3) is 0 Å². The van der Waals surface area contributed by atoms with Crippen molar-refractivity contribution >= 4 is 11.8 Å². The predicted molar refractivity (Wildman–Crippen MR) is 72.0 cm³/mol. The third-order valence-electron chi connectivity index (χ3n) is 3.85. The number of rotatable bonds is 2. The number of hydrogen-bond donors (Lipinski definition) is 1. The van der Waals surface area contributed by atoms with Gasteiger partial charge in [0.15, 0.2) is 0 Å². The Morgan fingerprint density at radius 1 is 1.22 bits per heavy atom. The van der Waals surface area contributed by atoms with Crippen LogP contribution < -0.4 is 5.32 Å². The van der Waals surface area contributed by atoms with Gasteiger partial charge >= 0.3 is 0 Å². The minimum absolute atomic E-state index is 0.0681. The van der Waals surface area contributed by atoms with Crippen molar-refractivity contribution < 1.29 is 9.59 Å². The molecule has 4 nitrogen and oxygen atoms in total. The molecule has 2 fully saturated rings. The average Bonchev–Trinajstić information content (AvgIpc) is 2.81. The fourth-order valence-electron chi connectivity index (χ4n) is 2.67. The first kappa shape index (κ1) is 15.2. The van der Waals surface area contributed by atoms with E-state index >= 15 is 0 Å². The van der Waals surface area contributed by atoms with E-state index in [0.717, 1.165) is 13.1 Å². The Morgan fingerprint density at radius 3 is 2.39 bits per heavy atom. The molecule has 4 heteroatoms. The first-order valence-corrected chi connectivity index (χ1v) is 7.15. The number of imide groups is 1. The maximum absolute atomic E-state index is 11.7. The number of carbonyl (C=O) groups excluding carboxylic acids is 2. The summed E-state index contributed by atoms with van der Waals surface area (Å²) in [5.74, 6) is 1.16. The van der Waals surface area contributed by atoms with Gasteiger partial charge < -0.3 is 0 Å². The number of hydrogen-bond acceptors (Lipinski definition) is 3. The molecule has 2 saturated heterocycles. The summed E-state index contributed by atoms with van der Waals surface area (Å²) in [6.45, 7) is 10.5. The molecule has 2 unspecified atom stereocenters. The molecule has 2 aliphatic rings. The summed E-state index contributed by atoms with van der Waals surface area (Å²) in [6.07, 6.45) is 2.35. The second kappa shape index (κ2) is 6.88. The molecule has 2 heterocycles. The lowest BCUT2D eigenvalue weighted by Crippen LogP contribution is -2.51. The fourth-order valence-corrected chi connectivity index (χ4v) is 2.67. The van der Waals surface area contributed by atoms with Crippen LogP contribution in [0, 0.1) is 11.8 Å². The topological polar surface area (TPSA) is 49.4 Å². The lowest BCUT2D eigenvalue weighted by atomic mass is 9.95. The highest BCUT2D eigenvalue weighted by Crippen LogP contribution is 2.27. The van der Waals surface area contributed by atoms with Crippen LogP contribution in [0.3, 0.4) is 0 Å². The molecule has 2 atom stereocenters. The monoisotopic (exact) mass is 254 g/mol. The molecule has 18 heavy (non-hydrogen) atoms. The lowest BCUT2D eigenvalue weighted by molar-refractivity contribution is -0.137. The summed E-state index contributed by atoms with van der Waals surface area (Å²) < 4.78 is 0. The van der Waals surface area contributed by atoms with E-state index in [2.05, 4.69) is 24.1 Å². The van der Waals surface area contributed by atoms with Crippen molar-refractivity contribution in [2.75, 3.05) is 13.1 Å². The Kier molecular flexibility index (Phi) is 5.79. The number of nitrogens with one attached hydrogen (secondary N) is 1. The van der Waals surface area contributed by atoms with Gasteiger partial charge in [0.1, 0.15) is 0 Å². The van der Waals surface area contributed by atoms with Crippen LogP contribution in [0.4, 0.5) is 0 Å². The van der Waals surface area contributed by atoms with Gasteiger partial charge in [0, 0.05) is 13.0 Å². The molecule has 0 bridgehead atoms. The Morgan fingerprint density at radius 2 is 1.89 bits per heavy atom. The summed E-state index contributed by atoms with van der Waals surface area (Å²) in [5, 5.41) is 2.43. The maximum atomic E-state index is 11.7. The molecule has 2 aliphatic heterocycles. The predicted octanol–water partition coefficient (Wildman–Crippen LogP) is 1.80. The molecule has 2 rings (SSSR count).